The summed E-state index contributed by atoms with van der Waals surface area (Å²) in [6, 6.07) is 2.23. The number of benzene rings is 1. The molecule has 3 nitrogen and oxygen atoms in total. The summed E-state index contributed by atoms with van der Waals surface area (Å²) in [5, 5.41) is 0.212. The minimum absolute atomic E-state index is 0.212. The molecule has 0 fully saturated rings. The Morgan fingerprint density at radius 3 is 2.57 bits per heavy atom. The second kappa shape index (κ2) is 4.19. The van der Waals surface area contributed by atoms with Crippen LogP contribution < -0.4 is 4.18 Å². The van der Waals surface area contributed by atoms with E-state index in [-0.39, 0.29) is 10.8 Å². The molecule has 0 N–H and O–H groups in total. The molecule has 0 amide bonds. The molecule has 0 aliphatic rings. The van der Waals surface area contributed by atoms with Crippen LogP contribution in [0, 0.1) is 9.39 Å². The van der Waals surface area contributed by atoms with E-state index in [4.69, 9.17) is 11.6 Å². The Kier molecular flexibility index (Phi) is 3.59. The van der Waals surface area contributed by atoms with Gasteiger partial charge >= 0.3 is 10.1 Å². The summed E-state index contributed by atoms with van der Waals surface area (Å²) >= 11 is 7.45. The van der Waals surface area contributed by atoms with Crippen molar-refractivity contribution < 1.29 is 17.0 Å². The number of halogens is 3. The average molecular weight is 351 g/mol. The standard InChI is InChI=1S/C7H5ClFIO3S/c1-14(11,12)13-7-3-6(10)4(8)2-5(7)9/h2-3H,1H3. The molecule has 0 saturated carbocycles. The van der Waals surface area contributed by atoms with Crippen LogP contribution in [0.1, 0.15) is 0 Å². The van der Waals surface area contributed by atoms with Crippen LogP contribution >= 0.6 is 34.2 Å². The van der Waals surface area contributed by atoms with Gasteiger partial charge in [-0.25, -0.2) is 4.39 Å². The number of rotatable bonds is 2. The highest BCUT2D eigenvalue weighted by atomic mass is 127. The molecule has 0 radical (unpaired) electrons. The van der Waals surface area contributed by atoms with Crippen molar-refractivity contribution in [3.05, 3.63) is 26.5 Å². The SMILES string of the molecule is CS(=O)(=O)Oc1cc(I)c(Cl)cc1F. The summed E-state index contributed by atoms with van der Waals surface area (Å²) in [6.45, 7) is 0. The van der Waals surface area contributed by atoms with Crippen molar-refractivity contribution in [1.29, 1.82) is 0 Å². The Morgan fingerprint density at radius 2 is 2.07 bits per heavy atom. The predicted octanol–water partition coefficient (Wildman–Crippen LogP) is 2.42. The molecule has 7 heteroatoms. The Bertz CT molecular complexity index is 460. The third-order valence-electron chi connectivity index (χ3n) is 1.22. The summed E-state index contributed by atoms with van der Waals surface area (Å²) in [4.78, 5) is 0. The van der Waals surface area contributed by atoms with Crippen molar-refractivity contribution in [2.75, 3.05) is 6.26 Å². The van der Waals surface area contributed by atoms with Gasteiger partial charge in [-0.15, -0.1) is 0 Å². The van der Waals surface area contributed by atoms with Crippen LogP contribution in [-0.4, -0.2) is 14.7 Å². The summed E-state index contributed by atoms with van der Waals surface area (Å²) in [5.41, 5.74) is 0. The van der Waals surface area contributed by atoms with Crippen LogP contribution in [-0.2, 0) is 10.1 Å². The third-order valence-corrected chi connectivity index (χ3v) is 3.22. The highest BCUT2D eigenvalue weighted by Gasteiger charge is 2.12. The topological polar surface area (TPSA) is 43.4 Å². The summed E-state index contributed by atoms with van der Waals surface area (Å²) < 4.78 is 39.5. The van der Waals surface area contributed by atoms with Gasteiger partial charge in [0.2, 0.25) is 0 Å². The summed E-state index contributed by atoms with van der Waals surface area (Å²) in [5.74, 6) is -1.15. The maximum absolute atomic E-state index is 13.1. The van der Waals surface area contributed by atoms with E-state index < -0.39 is 15.9 Å². The Morgan fingerprint density at radius 1 is 1.50 bits per heavy atom. The molecule has 0 aliphatic heterocycles. The molecule has 0 heterocycles. The van der Waals surface area contributed by atoms with Crippen molar-refractivity contribution in [3.63, 3.8) is 0 Å². The van der Waals surface area contributed by atoms with Gasteiger partial charge in [-0.1, -0.05) is 11.6 Å². The molecule has 78 valence electrons. The van der Waals surface area contributed by atoms with E-state index in [0.717, 1.165) is 12.3 Å². The first-order valence-corrected chi connectivity index (χ1v) is 6.61. The zero-order chi connectivity index (χ0) is 10.9. The van der Waals surface area contributed by atoms with Crippen LogP contribution in [0.4, 0.5) is 4.39 Å². The molecule has 0 aromatic heterocycles. The van der Waals surface area contributed by atoms with E-state index in [1.807, 2.05) is 22.6 Å². The molecule has 14 heavy (non-hydrogen) atoms. The van der Waals surface area contributed by atoms with Gasteiger partial charge in [0.15, 0.2) is 11.6 Å². The van der Waals surface area contributed by atoms with Gasteiger partial charge in [-0.2, -0.15) is 8.42 Å². The van der Waals surface area contributed by atoms with Gasteiger partial charge in [-0.05, 0) is 34.7 Å². The fraction of sp³-hybridized carbons (Fsp3) is 0.143. The van der Waals surface area contributed by atoms with E-state index in [1.54, 1.807) is 0 Å². The number of hydrogen-bond donors (Lipinski definition) is 0. The second-order valence-electron chi connectivity index (χ2n) is 2.48. The van der Waals surface area contributed by atoms with Crippen molar-refractivity contribution in [1.82, 2.24) is 0 Å². The van der Waals surface area contributed by atoms with Crippen molar-refractivity contribution in [2.45, 2.75) is 0 Å². The molecular formula is C7H5ClFIO3S. The van der Waals surface area contributed by atoms with Crippen LogP contribution in [0.25, 0.3) is 0 Å². The maximum Gasteiger partial charge on any atom is 0.306 e. The van der Waals surface area contributed by atoms with Crippen molar-refractivity contribution in [2.24, 2.45) is 0 Å². The van der Waals surface area contributed by atoms with Crippen LogP contribution in [0.5, 0.6) is 5.75 Å². The highest BCUT2D eigenvalue weighted by Crippen LogP contribution is 2.27. The van der Waals surface area contributed by atoms with Crippen LogP contribution in [0.15, 0.2) is 12.1 Å². The maximum atomic E-state index is 13.1. The lowest BCUT2D eigenvalue weighted by Crippen LogP contribution is -2.07. The first-order valence-electron chi connectivity index (χ1n) is 3.33. The van der Waals surface area contributed by atoms with Gasteiger partial charge in [0, 0.05) is 3.57 Å². The lowest BCUT2D eigenvalue weighted by Gasteiger charge is -2.05. The third kappa shape index (κ3) is 3.25. The first kappa shape index (κ1) is 12.0. The normalized spacial score (nSPS) is 11.4. The quantitative estimate of drug-likeness (QED) is 0.467. The molecule has 1 aromatic rings. The van der Waals surface area contributed by atoms with Gasteiger partial charge in [0.25, 0.3) is 0 Å². The molecule has 0 aliphatic carbocycles. The van der Waals surface area contributed by atoms with Crippen LogP contribution in [0.3, 0.4) is 0 Å². The average Bonchev–Trinajstić information content (AvgIpc) is 1.97. The fourth-order valence-corrected chi connectivity index (χ4v) is 1.77. The molecule has 0 unspecified atom stereocenters. The largest absolute Gasteiger partial charge is 0.379 e. The lowest BCUT2D eigenvalue weighted by molar-refractivity contribution is 0.466. The smallest absolute Gasteiger partial charge is 0.306 e. The first-order chi connectivity index (χ1) is 6.29. The molecule has 1 aromatic carbocycles. The molecule has 0 bridgehead atoms. The summed E-state index contributed by atoms with van der Waals surface area (Å²) in [6.07, 6.45) is 0.841. The van der Waals surface area contributed by atoms with Gasteiger partial charge in [-0.3, -0.25) is 0 Å². The lowest BCUT2D eigenvalue weighted by atomic mass is 10.3. The van der Waals surface area contributed by atoms with Crippen molar-refractivity contribution in [3.8, 4) is 5.75 Å². The van der Waals surface area contributed by atoms with Gasteiger partial charge in [0.1, 0.15) is 0 Å². The second-order valence-corrected chi connectivity index (χ2v) is 5.63. The van der Waals surface area contributed by atoms with E-state index in [0.29, 0.717) is 3.57 Å². The fourth-order valence-electron chi connectivity index (χ4n) is 0.731. The monoisotopic (exact) mass is 350 g/mol. The van der Waals surface area contributed by atoms with Gasteiger partial charge in [0.05, 0.1) is 11.3 Å². The van der Waals surface area contributed by atoms with Crippen LogP contribution in [0.2, 0.25) is 5.02 Å². The predicted molar refractivity (Wildman–Crippen MR) is 59.6 cm³/mol. The Labute approximate surface area is 99.5 Å². The zero-order valence-electron chi connectivity index (χ0n) is 6.92. The number of hydrogen-bond acceptors (Lipinski definition) is 3. The minimum Gasteiger partial charge on any atom is -0.379 e. The Hall–Kier alpha value is -0.0800. The molecule has 1 rings (SSSR count). The molecule has 0 atom stereocenters. The highest BCUT2D eigenvalue weighted by molar-refractivity contribution is 14.1. The zero-order valence-corrected chi connectivity index (χ0v) is 10.7. The van der Waals surface area contributed by atoms with E-state index in [1.165, 1.54) is 6.07 Å². The molecule has 0 saturated heterocycles. The summed E-state index contributed by atoms with van der Waals surface area (Å²) in [7, 11) is -3.72. The van der Waals surface area contributed by atoms with E-state index >= 15 is 0 Å². The van der Waals surface area contributed by atoms with E-state index in [9.17, 15) is 12.8 Å². The molecular weight excluding hydrogens is 345 g/mol. The Balaban J connectivity index is 3.17. The van der Waals surface area contributed by atoms with E-state index in [2.05, 4.69) is 4.18 Å². The van der Waals surface area contributed by atoms with Gasteiger partial charge < -0.3 is 4.18 Å². The molecule has 0 spiro atoms. The minimum atomic E-state index is -3.72. The van der Waals surface area contributed by atoms with Crippen molar-refractivity contribution >= 4 is 44.3 Å².